The number of carbonyl (C=O) groups is 1. The van der Waals surface area contributed by atoms with Crippen molar-refractivity contribution in [2.24, 2.45) is 11.8 Å². The molecule has 1 aliphatic rings. The summed E-state index contributed by atoms with van der Waals surface area (Å²) in [5.74, 6) is 2.08. The number of hydrogen-bond acceptors (Lipinski definition) is 5. The second kappa shape index (κ2) is 8.24. The van der Waals surface area contributed by atoms with Crippen LogP contribution in [-0.2, 0) is 11.3 Å². The number of nitrogens with zero attached hydrogens (tertiary/aromatic N) is 3. The van der Waals surface area contributed by atoms with Gasteiger partial charge in [-0.2, -0.15) is 4.98 Å². The van der Waals surface area contributed by atoms with Crippen LogP contribution >= 0.6 is 0 Å². The molecule has 0 saturated heterocycles. The fourth-order valence-corrected chi connectivity index (χ4v) is 4.77. The van der Waals surface area contributed by atoms with Gasteiger partial charge in [0.2, 0.25) is 5.91 Å². The Morgan fingerprint density at radius 2 is 1.87 bits per heavy atom. The van der Waals surface area contributed by atoms with E-state index in [0.29, 0.717) is 34.7 Å². The number of fused-ring (bicyclic) bond motifs is 3. The SMILES string of the molecule is COc1cc2c(cc1OC)n(CC(=O)NC1CCCC(C)C1C)n1c(C)cc(=O)nc21. The van der Waals surface area contributed by atoms with Crippen molar-refractivity contribution < 1.29 is 14.3 Å². The van der Waals surface area contributed by atoms with Crippen LogP contribution in [0.1, 0.15) is 38.8 Å². The number of rotatable bonds is 5. The van der Waals surface area contributed by atoms with Gasteiger partial charge in [-0.3, -0.25) is 14.3 Å². The van der Waals surface area contributed by atoms with Crippen molar-refractivity contribution in [1.82, 2.24) is 19.5 Å². The molecule has 0 radical (unpaired) electrons. The first-order chi connectivity index (χ1) is 14.8. The maximum atomic E-state index is 13.1. The van der Waals surface area contributed by atoms with Crippen LogP contribution in [0.3, 0.4) is 0 Å². The maximum absolute atomic E-state index is 13.1. The number of aryl methyl sites for hydroxylation is 1. The summed E-state index contributed by atoms with van der Waals surface area (Å²) < 4.78 is 14.6. The van der Waals surface area contributed by atoms with Gasteiger partial charge in [-0.25, -0.2) is 4.52 Å². The summed E-state index contributed by atoms with van der Waals surface area (Å²) in [6.07, 6.45) is 3.34. The van der Waals surface area contributed by atoms with Gasteiger partial charge in [-0.1, -0.05) is 26.7 Å². The van der Waals surface area contributed by atoms with Gasteiger partial charge in [-0.15, -0.1) is 0 Å². The standard InChI is InChI=1S/C23H30N4O4/c1-13-7-6-8-17(15(13)3)24-22(29)12-26-18-11-20(31-5)19(30-4)10-16(18)23-25-21(28)9-14(2)27(23)26/h9-11,13,15,17H,6-8,12H2,1-5H3,(H,24,29). The molecule has 3 aromatic rings. The molecule has 166 valence electrons. The molecule has 1 aliphatic carbocycles. The van der Waals surface area contributed by atoms with Gasteiger partial charge in [0.05, 0.1) is 19.7 Å². The van der Waals surface area contributed by atoms with Crippen molar-refractivity contribution in [3.8, 4) is 11.5 Å². The number of hydrogen-bond donors (Lipinski definition) is 1. The van der Waals surface area contributed by atoms with Crippen molar-refractivity contribution in [1.29, 1.82) is 0 Å². The lowest BCUT2D eigenvalue weighted by Crippen LogP contribution is -2.45. The van der Waals surface area contributed by atoms with Crippen molar-refractivity contribution in [3.63, 3.8) is 0 Å². The summed E-state index contributed by atoms with van der Waals surface area (Å²) >= 11 is 0. The number of methoxy groups -OCH3 is 2. The summed E-state index contributed by atoms with van der Waals surface area (Å²) in [4.78, 5) is 29.4. The fourth-order valence-electron chi connectivity index (χ4n) is 4.77. The average Bonchev–Trinajstić information content (AvgIpc) is 3.03. The second-order valence-electron chi connectivity index (χ2n) is 8.59. The Morgan fingerprint density at radius 1 is 1.16 bits per heavy atom. The first-order valence-electron chi connectivity index (χ1n) is 10.8. The third kappa shape index (κ3) is 3.75. The lowest BCUT2D eigenvalue weighted by atomic mass is 9.78. The molecule has 1 saturated carbocycles. The van der Waals surface area contributed by atoms with Crippen LogP contribution in [0.2, 0.25) is 0 Å². The fraction of sp³-hybridized carbons (Fsp3) is 0.522. The van der Waals surface area contributed by atoms with Gasteiger partial charge in [0, 0.05) is 29.3 Å². The van der Waals surface area contributed by atoms with Crippen molar-refractivity contribution in [2.45, 2.75) is 52.6 Å². The molecule has 0 bridgehead atoms. The van der Waals surface area contributed by atoms with E-state index in [0.717, 1.165) is 23.7 Å². The van der Waals surface area contributed by atoms with Gasteiger partial charge in [0.15, 0.2) is 17.1 Å². The van der Waals surface area contributed by atoms with Crippen LogP contribution in [-0.4, -0.2) is 40.3 Å². The van der Waals surface area contributed by atoms with Crippen LogP contribution in [0.25, 0.3) is 16.6 Å². The minimum Gasteiger partial charge on any atom is -0.493 e. The number of aromatic nitrogens is 3. The van der Waals surface area contributed by atoms with Crippen LogP contribution in [0.4, 0.5) is 0 Å². The van der Waals surface area contributed by atoms with Crippen LogP contribution in [0.5, 0.6) is 11.5 Å². The Bertz CT molecular complexity index is 1200. The van der Waals surface area contributed by atoms with E-state index in [9.17, 15) is 9.59 Å². The summed E-state index contributed by atoms with van der Waals surface area (Å²) in [5, 5.41) is 3.97. The molecule has 2 heterocycles. The normalized spacial score (nSPS) is 21.4. The molecule has 0 aliphatic heterocycles. The van der Waals surface area contributed by atoms with Gasteiger partial charge in [0.1, 0.15) is 6.54 Å². The molecular formula is C23H30N4O4. The average molecular weight is 427 g/mol. The predicted octanol–water partition coefficient (Wildman–Crippen LogP) is 2.92. The van der Waals surface area contributed by atoms with E-state index in [1.807, 2.05) is 22.2 Å². The highest BCUT2D eigenvalue weighted by Gasteiger charge is 2.28. The third-order valence-electron chi connectivity index (χ3n) is 6.69. The molecule has 8 nitrogen and oxygen atoms in total. The largest absolute Gasteiger partial charge is 0.493 e. The Hall–Kier alpha value is -3.03. The number of nitrogens with one attached hydrogen (secondary N) is 1. The quantitative estimate of drug-likeness (QED) is 0.678. The van der Waals surface area contributed by atoms with Crippen molar-refractivity contribution >= 4 is 22.5 Å². The zero-order valence-corrected chi connectivity index (χ0v) is 18.8. The molecule has 1 fully saturated rings. The minimum absolute atomic E-state index is 0.0577. The Morgan fingerprint density at radius 3 is 2.58 bits per heavy atom. The van der Waals surface area contributed by atoms with Gasteiger partial charge in [0.25, 0.3) is 5.56 Å². The van der Waals surface area contributed by atoms with Crippen LogP contribution in [0, 0.1) is 18.8 Å². The van der Waals surface area contributed by atoms with Crippen LogP contribution < -0.4 is 20.3 Å². The number of benzene rings is 1. The first kappa shape index (κ1) is 21.2. The van der Waals surface area contributed by atoms with Crippen LogP contribution in [0.15, 0.2) is 23.0 Å². The Labute approximate surface area is 181 Å². The Balaban J connectivity index is 1.80. The molecule has 1 N–H and O–H groups in total. The van der Waals surface area contributed by atoms with E-state index in [4.69, 9.17) is 9.47 Å². The number of carbonyl (C=O) groups excluding carboxylic acids is 1. The highest BCUT2D eigenvalue weighted by Crippen LogP contribution is 2.35. The predicted molar refractivity (Wildman–Crippen MR) is 119 cm³/mol. The van der Waals surface area contributed by atoms with Gasteiger partial charge >= 0.3 is 0 Å². The van der Waals surface area contributed by atoms with E-state index >= 15 is 0 Å². The zero-order valence-electron chi connectivity index (χ0n) is 18.8. The number of ether oxygens (including phenoxy) is 2. The van der Waals surface area contributed by atoms with E-state index in [-0.39, 0.29) is 24.1 Å². The molecule has 1 amide bonds. The summed E-state index contributed by atoms with van der Waals surface area (Å²) in [6, 6.07) is 5.27. The molecule has 2 aromatic heterocycles. The molecule has 4 rings (SSSR count). The summed E-state index contributed by atoms with van der Waals surface area (Å²) in [5.41, 5.74) is 1.63. The first-order valence-corrected chi connectivity index (χ1v) is 10.8. The van der Waals surface area contributed by atoms with E-state index in [1.54, 1.807) is 20.3 Å². The minimum atomic E-state index is -0.319. The zero-order chi connectivity index (χ0) is 22.3. The topological polar surface area (TPSA) is 86.9 Å². The van der Waals surface area contributed by atoms with Gasteiger partial charge in [-0.05, 0) is 31.2 Å². The van der Waals surface area contributed by atoms with Crippen molar-refractivity contribution in [3.05, 3.63) is 34.2 Å². The highest BCUT2D eigenvalue weighted by atomic mass is 16.5. The third-order valence-corrected chi connectivity index (χ3v) is 6.69. The van der Waals surface area contributed by atoms with Gasteiger partial charge < -0.3 is 14.8 Å². The molecule has 8 heteroatoms. The second-order valence-corrected chi connectivity index (χ2v) is 8.59. The molecule has 31 heavy (non-hydrogen) atoms. The molecular weight excluding hydrogens is 396 g/mol. The van der Waals surface area contributed by atoms with E-state index in [1.165, 1.54) is 12.5 Å². The molecule has 1 aromatic carbocycles. The lowest BCUT2D eigenvalue weighted by molar-refractivity contribution is -0.123. The van der Waals surface area contributed by atoms with Crippen molar-refractivity contribution in [2.75, 3.05) is 14.2 Å². The maximum Gasteiger partial charge on any atom is 0.273 e. The molecule has 0 spiro atoms. The lowest BCUT2D eigenvalue weighted by Gasteiger charge is -2.34. The molecule has 3 unspecified atom stereocenters. The van der Waals surface area contributed by atoms with E-state index in [2.05, 4.69) is 24.1 Å². The smallest absolute Gasteiger partial charge is 0.273 e. The summed E-state index contributed by atoms with van der Waals surface area (Å²) in [6.45, 7) is 6.41. The van der Waals surface area contributed by atoms with E-state index < -0.39 is 0 Å². The highest BCUT2D eigenvalue weighted by molar-refractivity contribution is 5.96. The summed E-state index contributed by atoms with van der Waals surface area (Å²) in [7, 11) is 3.13. The number of amides is 1. The monoisotopic (exact) mass is 426 g/mol. The molecule has 3 atom stereocenters. The Kier molecular flexibility index (Phi) is 5.64.